The van der Waals surface area contributed by atoms with E-state index in [1.165, 1.54) is 12.1 Å². The molecule has 1 aliphatic heterocycles. The highest BCUT2D eigenvalue weighted by Crippen LogP contribution is 2.36. The summed E-state index contributed by atoms with van der Waals surface area (Å²) < 4.78 is 41.8. The van der Waals surface area contributed by atoms with Crippen LogP contribution in [0.2, 0.25) is 0 Å². The lowest BCUT2D eigenvalue weighted by atomic mass is 9.96. The van der Waals surface area contributed by atoms with Crippen molar-refractivity contribution in [3.63, 3.8) is 0 Å². The molecule has 0 amide bonds. The number of ether oxygens (including phenoxy) is 1. The van der Waals surface area contributed by atoms with Gasteiger partial charge in [-0.05, 0) is 0 Å². The van der Waals surface area contributed by atoms with E-state index in [1.807, 2.05) is 0 Å². The molecule has 0 aliphatic carbocycles. The lowest BCUT2D eigenvalue weighted by Gasteiger charge is -2.19. The average molecular weight is 198 g/mol. The topological polar surface area (TPSA) is 38.5 Å². The van der Waals surface area contributed by atoms with Crippen LogP contribution in [-0.2, 0) is 4.74 Å². The summed E-state index contributed by atoms with van der Waals surface area (Å²) in [4.78, 5) is 0. The number of methoxy groups -OCH3 is 1. The van der Waals surface area contributed by atoms with Crippen molar-refractivity contribution in [2.45, 2.75) is 6.18 Å². The zero-order valence-electron chi connectivity index (χ0n) is 7.34. The zero-order valence-corrected chi connectivity index (χ0v) is 7.34. The number of nitrogens with zero attached hydrogens (tertiary/aromatic N) is 1. The summed E-state index contributed by atoms with van der Waals surface area (Å²) in [5.74, 6) is 3.44. The van der Waals surface area contributed by atoms with Crippen LogP contribution in [0, 0.1) is 11.8 Å². The molecule has 3 nitrogen and oxygen atoms in total. The van der Waals surface area contributed by atoms with Gasteiger partial charge in [-0.2, -0.15) is 13.2 Å². The van der Waals surface area contributed by atoms with Crippen molar-refractivity contribution in [1.29, 1.82) is 0 Å². The fourth-order valence-corrected chi connectivity index (χ4v) is 1.66. The number of hydrogen-bond acceptors (Lipinski definition) is 3. The Bertz CT molecular complexity index is 174. The van der Waals surface area contributed by atoms with Gasteiger partial charge in [0.2, 0.25) is 0 Å². The molecule has 1 aliphatic rings. The quantitative estimate of drug-likeness (QED) is 0.661. The van der Waals surface area contributed by atoms with Gasteiger partial charge in [0.05, 0.1) is 12.5 Å². The molecule has 1 fully saturated rings. The smallest absolute Gasteiger partial charge is 0.384 e. The Balaban J connectivity index is 2.60. The minimum Gasteiger partial charge on any atom is -0.384 e. The molecule has 1 rings (SSSR count). The summed E-state index contributed by atoms with van der Waals surface area (Å²) in [6.07, 6.45) is -4.17. The Morgan fingerprint density at radius 3 is 2.54 bits per heavy atom. The van der Waals surface area contributed by atoms with E-state index >= 15 is 0 Å². The Hall–Kier alpha value is -0.330. The van der Waals surface area contributed by atoms with Crippen molar-refractivity contribution >= 4 is 0 Å². The monoisotopic (exact) mass is 198 g/mol. The largest absolute Gasteiger partial charge is 0.393 e. The molecule has 0 aromatic rings. The van der Waals surface area contributed by atoms with E-state index < -0.39 is 18.0 Å². The molecule has 13 heavy (non-hydrogen) atoms. The second-order valence-corrected chi connectivity index (χ2v) is 3.32. The molecule has 0 radical (unpaired) electrons. The third-order valence-corrected chi connectivity index (χ3v) is 2.27. The van der Waals surface area contributed by atoms with Gasteiger partial charge < -0.3 is 4.74 Å². The summed E-state index contributed by atoms with van der Waals surface area (Å²) in [5, 5.41) is 1.20. The highest BCUT2D eigenvalue weighted by atomic mass is 19.4. The van der Waals surface area contributed by atoms with E-state index in [4.69, 9.17) is 10.6 Å². The number of hydrazine groups is 1. The van der Waals surface area contributed by atoms with Crippen LogP contribution in [0.3, 0.4) is 0 Å². The summed E-state index contributed by atoms with van der Waals surface area (Å²) in [6, 6.07) is 0. The molecule has 0 saturated carbocycles. The highest BCUT2D eigenvalue weighted by Gasteiger charge is 2.48. The molecule has 2 atom stereocenters. The van der Waals surface area contributed by atoms with Crippen molar-refractivity contribution in [2.75, 3.05) is 26.8 Å². The molecule has 1 heterocycles. The molecule has 0 bridgehead atoms. The Kier molecular flexibility index (Phi) is 3.15. The standard InChI is InChI=1S/C7H13F3N2O/c1-13-4-5-2-12(11)3-6(5)7(8,9)10/h5-6H,2-4,11H2,1H3/t5-,6-/m0/s1. The Labute approximate surface area is 74.6 Å². The van der Waals surface area contributed by atoms with Crippen molar-refractivity contribution < 1.29 is 17.9 Å². The van der Waals surface area contributed by atoms with Crippen molar-refractivity contribution in [3.05, 3.63) is 0 Å². The normalized spacial score (nSPS) is 31.2. The van der Waals surface area contributed by atoms with Gasteiger partial charge in [-0.3, -0.25) is 5.84 Å². The van der Waals surface area contributed by atoms with E-state index in [2.05, 4.69) is 0 Å². The van der Waals surface area contributed by atoms with Gasteiger partial charge in [0.15, 0.2) is 0 Å². The average Bonchev–Trinajstić information content (AvgIpc) is 2.30. The maximum atomic E-state index is 12.4. The first-order valence-corrected chi connectivity index (χ1v) is 4.00. The Morgan fingerprint density at radius 1 is 1.46 bits per heavy atom. The second kappa shape index (κ2) is 3.81. The summed E-state index contributed by atoms with van der Waals surface area (Å²) in [5.41, 5.74) is 0. The van der Waals surface area contributed by atoms with Gasteiger partial charge in [-0.1, -0.05) is 0 Å². The third kappa shape index (κ3) is 2.55. The highest BCUT2D eigenvalue weighted by molar-refractivity contribution is 4.85. The lowest BCUT2D eigenvalue weighted by Crippen LogP contribution is -2.32. The molecule has 0 unspecified atom stereocenters. The molecular weight excluding hydrogens is 185 g/mol. The predicted octanol–water partition coefficient (Wildman–Crippen LogP) is 0.617. The number of hydrogen-bond donors (Lipinski definition) is 1. The molecule has 78 valence electrons. The molecular formula is C7H13F3N2O. The van der Waals surface area contributed by atoms with Gasteiger partial charge in [-0.25, -0.2) is 5.01 Å². The Morgan fingerprint density at radius 2 is 2.08 bits per heavy atom. The number of nitrogens with two attached hydrogens (primary N) is 1. The van der Waals surface area contributed by atoms with Crippen LogP contribution in [0.1, 0.15) is 0 Å². The maximum absolute atomic E-state index is 12.4. The number of rotatable bonds is 2. The maximum Gasteiger partial charge on any atom is 0.393 e. The van der Waals surface area contributed by atoms with Gasteiger partial charge in [0.1, 0.15) is 0 Å². The third-order valence-electron chi connectivity index (χ3n) is 2.27. The van der Waals surface area contributed by atoms with Crippen LogP contribution in [0.25, 0.3) is 0 Å². The molecule has 6 heteroatoms. The minimum absolute atomic E-state index is 0.109. The zero-order chi connectivity index (χ0) is 10.1. The summed E-state index contributed by atoms with van der Waals surface area (Å²) >= 11 is 0. The van der Waals surface area contributed by atoms with Gasteiger partial charge in [0.25, 0.3) is 0 Å². The van der Waals surface area contributed by atoms with Crippen LogP contribution in [-0.4, -0.2) is 38.0 Å². The van der Waals surface area contributed by atoms with Gasteiger partial charge in [0, 0.05) is 26.1 Å². The van der Waals surface area contributed by atoms with Crippen LogP contribution >= 0.6 is 0 Å². The molecule has 0 aromatic carbocycles. The van der Waals surface area contributed by atoms with E-state index in [9.17, 15) is 13.2 Å². The van der Waals surface area contributed by atoms with Crippen LogP contribution < -0.4 is 5.84 Å². The minimum atomic E-state index is -4.17. The molecule has 1 saturated heterocycles. The number of halogens is 3. The van der Waals surface area contributed by atoms with Crippen molar-refractivity contribution in [3.8, 4) is 0 Å². The van der Waals surface area contributed by atoms with Gasteiger partial charge >= 0.3 is 6.18 Å². The van der Waals surface area contributed by atoms with Crippen LogP contribution in [0.4, 0.5) is 13.2 Å². The first-order valence-electron chi connectivity index (χ1n) is 4.00. The van der Waals surface area contributed by atoms with Gasteiger partial charge in [-0.15, -0.1) is 0 Å². The second-order valence-electron chi connectivity index (χ2n) is 3.32. The SMILES string of the molecule is COC[C@@H]1CN(N)C[C@@H]1C(F)(F)F. The van der Waals surface area contributed by atoms with Crippen molar-refractivity contribution in [2.24, 2.45) is 17.7 Å². The summed E-state index contributed by atoms with van der Waals surface area (Å²) in [6.45, 7) is 0.230. The molecule has 0 aromatic heterocycles. The number of alkyl halides is 3. The lowest BCUT2D eigenvalue weighted by molar-refractivity contribution is -0.183. The fraction of sp³-hybridized carbons (Fsp3) is 1.00. The van der Waals surface area contributed by atoms with E-state index in [0.29, 0.717) is 0 Å². The fourth-order valence-electron chi connectivity index (χ4n) is 1.66. The molecule has 2 N–H and O–H groups in total. The van der Waals surface area contributed by atoms with E-state index in [0.717, 1.165) is 0 Å². The first-order chi connectivity index (χ1) is 5.95. The first kappa shape index (κ1) is 10.7. The van der Waals surface area contributed by atoms with Crippen LogP contribution in [0.5, 0.6) is 0 Å². The predicted molar refractivity (Wildman–Crippen MR) is 40.7 cm³/mol. The summed E-state index contributed by atoms with van der Waals surface area (Å²) in [7, 11) is 1.40. The van der Waals surface area contributed by atoms with Crippen LogP contribution in [0.15, 0.2) is 0 Å². The van der Waals surface area contributed by atoms with E-state index in [-0.39, 0.29) is 19.7 Å². The molecule has 0 spiro atoms. The van der Waals surface area contributed by atoms with E-state index in [1.54, 1.807) is 0 Å². The van der Waals surface area contributed by atoms with Crippen molar-refractivity contribution in [1.82, 2.24) is 5.01 Å².